The fourth-order valence-corrected chi connectivity index (χ4v) is 4.63. The molecular formula is C29H38N4O6. The Hall–Kier alpha value is -3.92. The summed E-state index contributed by atoms with van der Waals surface area (Å²) in [4.78, 5) is 54.8. The topological polar surface area (TPSA) is 148 Å². The number of likely N-dealkylation sites (N-methyl/N-ethyl adjacent to an activating group) is 1. The van der Waals surface area contributed by atoms with Crippen LogP contribution in [0.1, 0.15) is 43.6 Å². The predicted octanol–water partition coefficient (Wildman–Crippen LogP) is 1.22. The van der Waals surface area contributed by atoms with Crippen molar-refractivity contribution < 1.29 is 29.4 Å². The molecule has 0 aliphatic carbocycles. The normalized spacial score (nSPS) is 26.7. The standard InChI is InChI=1S/C29H38N4O6/c1-16(2)23-29(39)33(5)18(4)24(32-27(37)20-13-9-10-14-22(20)34)28(38)30-21(15-19-11-7-6-8-12-19)25(35)17(3)26(36)31-23/h6-14,16-18,21,23-25,34-35H,15H2,1-5H3,(H,30,38)(H,31,36)(H,32,37)/t17-,18-,21+,23?,24+,25+/m1/s1. The Bertz CT molecular complexity index is 1190. The second-order valence-electron chi connectivity index (χ2n) is 10.5. The molecule has 1 saturated heterocycles. The molecule has 1 aliphatic rings. The monoisotopic (exact) mass is 538 g/mol. The molecule has 0 aromatic heterocycles. The molecule has 2 aromatic rings. The summed E-state index contributed by atoms with van der Waals surface area (Å²) in [6, 6.07) is 11.3. The lowest BCUT2D eigenvalue weighted by atomic mass is 9.90. The van der Waals surface area contributed by atoms with Crippen LogP contribution < -0.4 is 16.0 Å². The maximum atomic E-state index is 13.8. The van der Waals surface area contributed by atoms with E-state index in [-0.39, 0.29) is 23.7 Å². The molecule has 39 heavy (non-hydrogen) atoms. The molecular weight excluding hydrogens is 500 g/mol. The zero-order chi connectivity index (χ0) is 28.9. The van der Waals surface area contributed by atoms with Gasteiger partial charge in [0.1, 0.15) is 17.8 Å². The lowest BCUT2D eigenvalue weighted by Crippen LogP contribution is -2.64. The van der Waals surface area contributed by atoms with E-state index in [1.54, 1.807) is 39.8 Å². The van der Waals surface area contributed by atoms with Crippen LogP contribution >= 0.6 is 0 Å². The number of phenolic OH excluding ortho intramolecular Hbond substituents is 1. The molecule has 1 aliphatic heterocycles. The summed E-state index contributed by atoms with van der Waals surface area (Å²) >= 11 is 0. The average Bonchev–Trinajstić information content (AvgIpc) is 2.92. The minimum Gasteiger partial charge on any atom is -0.507 e. The lowest BCUT2D eigenvalue weighted by Gasteiger charge is -2.38. The molecule has 10 heteroatoms. The van der Waals surface area contributed by atoms with Gasteiger partial charge in [-0.15, -0.1) is 0 Å². The predicted molar refractivity (Wildman–Crippen MR) is 146 cm³/mol. The van der Waals surface area contributed by atoms with Crippen molar-refractivity contribution in [3.63, 3.8) is 0 Å². The number of aromatic hydroxyl groups is 1. The van der Waals surface area contributed by atoms with E-state index in [1.807, 2.05) is 30.3 Å². The highest BCUT2D eigenvalue weighted by molar-refractivity contribution is 6.00. The summed E-state index contributed by atoms with van der Waals surface area (Å²) in [6.45, 7) is 6.73. The quantitative estimate of drug-likeness (QED) is 0.387. The number of para-hydroxylation sites is 1. The van der Waals surface area contributed by atoms with Crippen molar-refractivity contribution in [2.24, 2.45) is 11.8 Å². The van der Waals surface area contributed by atoms with Crippen molar-refractivity contribution in [2.75, 3.05) is 7.05 Å². The molecule has 1 heterocycles. The highest BCUT2D eigenvalue weighted by Gasteiger charge is 2.40. The van der Waals surface area contributed by atoms with Crippen LogP contribution in [0.2, 0.25) is 0 Å². The number of carbonyl (C=O) groups excluding carboxylic acids is 4. The number of nitrogens with one attached hydrogen (secondary N) is 3. The van der Waals surface area contributed by atoms with Gasteiger partial charge in [0.25, 0.3) is 5.91 Å². The van der Waals surface area contributed by atoms with Crippen molar-refractivity contribution in [2.45, 2.75) is 64.4 Å². The molecule has 3 rings (SSSR count). The van der Waals surface area contributed by atoms with Gasteiger partial charge in [-0.2, -0.15) is 0 Å². The van der Waals surface area contributed by atoms with Gasteiger partial charge in [0.05, 0.1) is 29.7 Å². The number of amides is 4. The lowest BCUT2D eigenvalue weighted by molar-refractivity contribution is -0.142. The Morgan fingerprint density at radius 3 is 2.21 bits per heavy atom. The SMILES string of the molecule is CC(C)C1NC(=O)[C@H](C)[C@H](O)[C@H](Cc2ccccc2)NC(=O)[C@@H](NC(=O)c2ccccc2O)[C@@H](C)N(C)C1=O. The third kappa shape index (κ3) is 6.94. The van der Waals surface area contributed by atoms with Gasteiger partial charge in [0.15, 0.2) is 0 Å². The molecule has 5 N–H and O–H groups in total. The summed E-state index contributed by atoms with van der Waals surface area (Å²) in [7, 11) is 1.51. The zero-order valence-corrected chi connectivity index (χ0v) is 22.9. The summed E-state index contributed by atoms with van der Waals surface area (Å²) in [5.74, 6) is -3.78. The first kappa shape index (κ1) is 29.6. The second kappa shape index (κ2) is 12.8. The number of carbonyl (C=O) groups is 4. The molecule has 0 radical (unpaired) electrons. The van der Waals surface area contributed by atoms with Crippen molar-refractivity contribution in [3.8, 4) is 5.75 Å². The number of phenols is 1. The van der Waals surface area contributed by atoms with Crippen LogP contribution in [0, 0.1) is 11.8 Å². The molecule has 6 atom stereocenters. The van der Waals surface area contributed by atoms with Gasteiger partial charge in [0.2, 0.25) is 17.7 Å². The molecule has 1 unspecified atom stereocenters. The van der Waals surface area contributed by atoms with Crippen molar-refractivity contribution >= 4 is 23.6 Å². The first-order chi connectivity index (χ1) is 18.4. The summed E-state index contributed by atoms with van der Waals surface area (Å²) in [6.07, 6.45) is -1.07. The van der Waals surface area contributed by atoms with Crippen molar-refractivity contribution in [1.82, 2.24) is 20.9 Å². The van der Waals surface area contributed by atoms with E-state index >= 15 is 0 Å². The van der Waals surface area contributed by atoms with Crippen LogP contribution in [-0.4, -0.2) is 76.1 Å². The number of hydrogen-bond donors (Lipinski definition) is 5. The van der Waals surface area contributed by atoms with Crippen LogP contribution in [-0.2, 0) is 20.8 Å². The van der Waals surface area contributed by atoms with Gasteiger partial charge < -0.3 is 31.1 Å². The third-order valence-corrected chi connectivity index (χ3v) is 7.35. The smallest absolute Gasteiger partial charge is 0.255 e. The third-order valence-electron chi connectivity index (χ3n) is 7.35. The van der Waals surface area contributed by atoms with Gasteiger partial charge >= 0.3 is 0 Å². The molecule has 0 saturated carbocycles. The summed E-state index contributed by atoms with van der Waals surface area (Å²) in [5.41, 5.74) is 0.802. The van der Waals surface area contributed by atoms with E-state index in [2.05, 4.69) is 16.0 Å². The highest BCUT2D eigenvalue weighted by atomic mass is 16.3. The van der Waals surface area contributed by atoms with E-state index in [1.165, 1.54) is 24.1 Å². The first-order valence-corrected chi connectivity index (χ1v) is 13.1. The van der Waals surface area contributed by atoms with Gasteiger partial charge in [0, 0.05) is 7.05 Å². The molecule has 0 spiro atoms. The van der Waals surface area contributed by atoms with E-state index in [0.717, 1.165) is 5.56 Å². The number of aliphatic hydroxyl groups is 1. The van der Waals surface area contributed by atoms with Crippen molar-refractivity contribution in [3.05, 3.63) is 65.7 Å². The Morgan fingerprint density at radius 2 is 1.59 bits per heavy atom. The summed E-state index contributed by atoms with van der Waals surface area (Å²) < 4.78 is 0. The number of aliphatic hydroxyl groups excluding tert-OH is 1. The van der Waals surface area contributed by atoms with Crippen LogP contribution in [0.15, 0.2) is 54.6 Å². The molecule has 0 bridgehead atoms. The molecule has 1 fully saturated rings. The van der Waals surface area contributed by atoms with Crippen LogP contribution in [0.5, 0.6) is 5.75 Å². The van der Waals surface area contributed by atoms with Gasteiger partial charge in [-0.1, -0.05) is 63.2 Å². The zero-order valence-electron chi connectivity index (χ0n) is 22.9. The molecule has 10 nitrogen and oxygen atoms in total. The van der Waals surface area contributed by atoms with E-state index < -0.39 is 59.8 Å². The number of nitrogens with zero attached hydrogens (tertiary/aromatic N) is 1. The minimum atomic E-state index is -1.29. The Kier molecular flexibility index (Phi) is 9.69. The van der Waals surface area contributed by atoms with Crippen LogP contribution in [0.3, 0.4) is 0 Å². The van der Waals surface area contributed by atoms with Crippen LogP contribution in [0.4, 0.5) is 0 Å². The average molecular weight is 539 g/mol. The number of benzene rings is 2. The van der Waals surface area contributed by atoms with Crippen LogP contribution in [0.25, 0.3) is 0 Å². The number of rotatable bonds is 5. The first-order valence-electron chi connectivity index (χ1n) is 13.1. The Morgan fingerprint density at radius 1 is 0.974 bits per heavy atom. The fourth-order valence-electron chi connectivity index (χ4n) is 4.63. The van der Waals surface area contributed by atoms with E-state index in [9.17, 15) is 29.4 Å². The molecule has 4 amide bonds. The maximum Gasteiger partial charge on any atom is 0.255 e. The van der Waals surface area contributed by atoms with Crippen molar-refractivity contribution in [1.29, 1.82) is 0 Å². The summed E-state index contributed by atoms with van der Waals surface area (Å²) in [5, 5.41) is 29.7. The highest BCUT2D eigenvalue weighted by Crippen LogP contribution is 2.20. The number of hydrogen-bond acceptors (Lipinski definition) is 6. The van der Waals surface area contributed by atoms with E-state index in [0.29, 0.717) is 0 Å². The Balaban J connectivity index is 2.04. The fraction of sp³-hybridized carbons (Fsp3) is 0.448. The minimum absolute atomic E-state index is 0.0283. The molecule has 210 valence electrons. The van der Waals surface area contributed by atoms with Gasteiger partial charge in [-0.25, -0.2) is 0 Å². The molecule has 2 aromatic carbocycles. The van der Waals surface area contributed by atoms with Gasteiger partial charge in [-0.05, 0) is 37.0 Å². The largest absolute Gasteiger partial charge is 0.507 e. The maximum absolute atomic E-state index is 13.8. The Labute approximate surface area is 228 Å². The van der Waals surface area contributed by atoms with Gasteiger partial charge in [-0.3, -0.25) is 19.2 Å². The van der Waals surface area contributed by atoms with E-state index in [4.69, 9.17) is 0 Å². The second-order valence-corrected chi connectivity index (χ2v) is 10.5.